The Morgan fingerprint density at radius 1 is 0.145 bits per heavy atom. The van der Waals surface area contributed by atoms with Crippen molar-refractivity contribution in [3.63, 3.8) is 0 Å². The van der Waals surface area contributed by atoms with Gasteiger partial charge >= 0.3 is 70.4 Å². The minimum absolute atomic E-state index is 0.330. The first kappa shape index (κ1) is 106. The first-order chi connectivity index (χ1) is 57.3. The van der Waals surface area contributed by atoms with Gasteiger partial charge in [-0.1, -0.05) is 401 Å². The molecule has 0 aromatic heterocycles. The maximum atomic E-state index is 9.17. The molecule has 6 aliphatic rings. The minimum atomic E-state index is -4.75. The van der Waals surface area contributed by atoms with Gasteiger partial charge in [0.15, 0.2) is 0 Å². The summed E-state index contributed by atoms with van der Waals surface area (Å²) < 4.78 is 126. The maximum Gasteiger partial charge on any atom is 0.478 e. The zero-order valence-electron chi connectivity index (χ0n) is 72.1. The van der Waals surface area contributed by atoms with Crippen molar-refractivity contribution in [1.82, 2.24) is 0 Å². The first-order valence-corrected chi connectivity index (χ1v) is 95.2. The molecule has 0 amide bonds. The molecule has 0 unspecified atom stereocenters. The van der Waals surface area contributed by atoms with Gasteiger partial charge in [0.25, 0.3) is 0 Å². The fourth-order valence-electron chi connectivity index (χ4n) is 17.0. The SMILES string of the molecule is C[Si](C)(CC[Si]12O[Si]3(CC[Si](C)(C)c4cc(Br)cc(Br)c4)O[Si]4(CC[Si](C)(C)c5cc(Br)cc(Br)c5)O[Si](CC[Si](C)(C)c5cc(Br)cc(Br)c5)(O1)O[Si]1(CC[Si](C)(C)c5cc(Br)cc(Br)c5)O[Si](CC[Si](C)(C)c5cc(Br)cc(Br)c5)(O2)O[Si](CC[Si](C)(C)c2cc(Br)cc(Br)c2)(O3)O[Si](CC[Si](C)(C)c2cc(Br)cc(Br)c2)(O4)O1)c1cc(Br)cc(Br)c1. The van der Waals surface area contributed by atoms with Gasteiger partial charge in [0.05, 0.1) is 64.6 Å². The summed E-state index contributed by atoms with van der Waals surface area (Å²) in [6.45, 7) is 39.3. The molecule has 6 fully saturated rings. The summed E-state index contributed by atoms with van der Waals surface area (Å²) in [6, 6.07) is 61.5. The predicted octanol–water partition coefficient (Wildman–Crippen LogP) is 28.9. The first-order valence-electron chi connectivity index (χ1n) is 41.4. The lowest BCUT2D eigenvalue weighted by Crippen LogP contribution is -2.88. The Morgan fingerprint density at radius 2 is 0.218 bits per heavy atom. The van der Waals surface area contributed by atoms with Crippen LogP contribution in [0, 0.1) is 0 Å². The Balaban J connectivity index is 1.17. The highest BCUT2D eigenvalue weighted by molar-refractivity contribution is 9.13. The number of halogens is 16. The molecule has 0 saturated carbocycles. The van der Waals surface area contributed by atoms with Crippen LogP contribution in [0.5, 0.6) is 0 Å². The van der Waals surface area contributed by atoms with E-state index in [1.54, 1.807) is 0 Å². The molecule has 124 heavy (non-hydrogen) atoms. The Morgan fingerprint density at radius 3 is 0.290 bits per heavy atom. The van der Waals surface area contributed by atoms with Crippen LogP contribution in [0.15, 0.2) is 217 Å². The molecule has 44 heteroatoms. The summed E-state index contributed by atoms with van der Waals surface area (Å²) >= 11 is 63.5. The lowest BCUT2D eigenvalue weighted by Gasteiger charge is -2.64. The largest absolute Gasteiger partial charge is 0.478 e. The van der Waals surface area contributed by atoms with E-state index in [-0.39, 0.29) is 0 Å². The highest BCUT2D eigenvalue weighted by atomic mass is 79.9. The van der Waals surface area contributed by atoms with Crippen LogP contribution in [-0.2, 0) is 49.4 Å². The third-order valence-electron chi connectivity index (χ3n) is 25.3. The van der Waals surface area contributed by atoms with Crippen molar-refractivity contribution in [3.8, 4) is 0 Å². The molecule has 8 bridgehead atoms. The van der Waals surface area contributed by atoms with Crippen molar-refractivity contribution >= 4 is 431 Å². The molecule has 6 heterocycles. The van der Waals surface area contributed by atoms with Crippen LogP contribution in [0.3, 0.4) is 0 Å². The van der Waals surface area contributed by atoms with Gasteiger partial charge in [-0.05, 0) is 194 Å². The number of benzene rings is 8. The fraction of sp³-hybridized carbons (Fsp3) is 0.400. The Hall–Kier alpha value is 4.43. The number of hydrogen-bond acceptors (Lipinski definition) is 12. The van der Waals surface area contributed by atoms with Crippen LogP contribution >= 0.6 is 255 Å². The molecule has 0 aliphatic carbocycles. The molecular weight excluding hydrogens is 2880 g/mol. The van der Waals surface area contributed by atoms with Gasteiger partial charge in [-0.2, -0.15) is 0 Å². The van der Waals surface area contributed by atoms with E-state index in [0.29, 0.717) is 96.7 Å². The second kappa shape index (κ2) is 40.4. The monoisotopic (exact) mass is 2970 g/mol. The molecule has 12 nitrogen and oxygen atoms in total. The fourth-order valence-corrected chi connectivity index (χ4v) is 117. The zero-order valence-corrected chi connectivity index (χ0v) is 113. The number of hydrogen-bond donors (Lipinski definition) is 0. The Labute approximate surface area is 886 Å². The van der Waals surface area contributed by atoms with Gasteiger partial charge in [0.2, 0.25) is 0 Å². The topological polar surface area (TPSA) is 111 Å². The van der Waals surface area contributed by atoms with E-state index in [1.165, 1.54) is 41.5 Å². The summed E-state index contributed by atoms with van der Waals surface area (Å²) in [5.41, 5.74) is 0. The number of rotatable bonds is 32. The van der Waals surface area contributed by atoms with E-state index in [4.69, 9.17) is 0 Å². The van der Waals surface area contributed by atoms with Crippen molar-refractivity contribution in [2.75, 3.05) is 0 Å². The van der Waals surface area contributed by atoms with E-state index in [1.807, 2.05) is 0 Å². The van der Waals surface area contributed by atoms with E-state index in [0.717, 1.165) is 71.6 Å². The van der Waals surface area contributed by atoms with Crippen molar-refractivity contribution in [2.45, 2.75) is 201 Å². The van der Waals surface area contributed by atoms with Gasteiger partial charge in [-0.25, -0.2) is 0 Å². The van der Waals surface area contributed by atoms with Crippen LogP contribution < -0.4 is 41.5 Å². The van der Waals surface area contributed by atoms with Crippen molar-refractivity contribution in [1.29, 1.82) is 0 Å². The summed E-state index contributed by atoms with van der Waals surface area (Å²) in [6.07, 6.45) is 0. The summed E-state index contributed by atoms with van der Waals surface area (Å²) in [4.78, 5) is 0. The lowest BCUT2D eigenvalue weighted by atomic mass is 10.4. The van der Waals surface area contributed by atoms with Crippen LogP contribution in [-0.4, -0.2) is 135 Å². The molecule has 0 N–H and O–H groups in total. The van der Waals surface area contributed by atoms with Gasteiger partial charge in [-0.15, -0.1) is 0 Å². The second-order valence-electron chi connectivity index (χ2n) is 39.0. The summed E-state index contributed by atoms with van der Waals surface area (Å²) in [7, 11) is -59.2. The molecule has 8 aromatic rings. The standard InChI is InChI=1S/C80H104Br16O12Si16/c1-109(2,73-41-57(81)33-58(82)42-73)17-25-117-97-118(26-18-110(3,4)74-43-59(83)34-60(84)44-74)100-121(29-21-113(9,10)77-49-65(89)37-66(90)50-77)102-119(98-117,27-19-111(5,6)75-45-61(85)35-62(86)46-75)104-123(31-23-115(13,14)79-53-69(93)39-70(94)54-79)105-120(99-117,28-20-112(7,8)76-47-63(87)36-64(88)48-76)103-122(101-118,30-22-114(11,12)78-51-67(91)38-68(92)52-78)107-124(106-121,108-123)32-24-116(15,16)80-55-71(95)40-72(96)56-80/h33-56H,17-32H2,1-16H3. The third-order valence-corrected chi connectivity index (χ3v) is 100. The van der Waals surface area contributed by atoms with E-state index >= 15 is 0 Å². The summed E-state index contributed by atoms with van der Waals surface area (Å²) in [5.74, 6) is 0. The van der Waals surface area contributed by atoms with Crippen LogP contribution in [0.4, 0.5) is 0 Å². The molecule has 0 radical (unpaired) electrons. The molecule has 0 atom stereocenters. The van der Waals surface area contributed by atoms with Gasteiger partial charge < -0.3 is 49.4 Å². The molecule has 0 spiro atoms. The molecule has 14 rings (SSSR count). The Kier molecular flexibility index (Phi) is 34.5. The van der Waals surface area contributed by atoms with Crippen molar-refractivity contribution in [2.24, 2.45) is 0 Å². The third kappa shape index (κ3) is 26.0. The minimum Gasteiger partial charge on any atom is -0.373 e. The molecular formula is C80H104Br16O12Si16. The van der Waals surface area contributed by atoms with E-state index < -0.39 is 135 Å². The summed E-state index contributed by atoms with van der Waals surface area (Å²) in [5, 5.41) is 10.0. The second-order valence-corrected chi connectivity index (χ2v) is 117. The van der Waals surface area contributed by atoms with Crippen molar-refractivity contribution in [3.05, 3.63) is 217 Å². The molecule has 672 valence electrons. The smallest absolute Gasteiger partial charge is 0.373 e. The van der Waals surface area contributed by atoms with Crippen LogP contribution in [0.2, 0.25) is 201 Å². The average molecular weight is 2990 g/mol. The quantitative estimate of drug-likeness (QED) is 0.0374. The van der Waals surface area contributed by atoms with Crippen molar-refractivity contribution < 1.29 is 49.4 Å². The van der Waals surface area contributed by atoms with Gasteiger partial charge in [0, 0.05) is 120 Å². The van der Waals surface area contributed by atoms with Gasteiger partial charge in [-0.3, -0.25) is 0 Å². The van der Waals surface area contributed by atoms with E-state index in [2.05, 4.69) is 505 Å². The van der Waals surface area contributed by atoms with E-state index in [9.17, 15) is 49.4 Å². The molecule has 6 aliphatic heterocycles. The van der Waals surface area contributed by atoms with Gasteiger partial charge in [0.1, 0.15) is 0 Å². The maximum absolute atomic E-state index is 9.17. The molecule has 6 saturated heterocycles. The predicted molar refractivity (Wildman–Crippen MR) is 608 cm³/mol. The van der Waals surface area contributed by atoms with Crippen LogP contribution in [0.25, 0.3) is 0 Å². The van der Waals surface area contributed by atoms with Crippen LogP contribution in [0.1, 0.15) is 0 Å². The normalized spacial score (nSPS) is 25.2. The zero-order chi connectivity index (χ0) is 90.6. The highest BCUT2D eigenvalue weighted by Gasteiger charge is 2.84. The molecule has 8 aromatic carbocycles. The lowest BCUT2D eigenvalue weighted by molar-refractivity contribution is -0.0286. The average Bonchev–Trinajstić information content (AvgIpc) is 0.682. The Bertz CT molecular complexity index is 4160. The highest BCUT2D eigenvalue weighted by Crippen LogP contribution is 2.57.